The van der Waals surface area contributed by atoms with Crippen LogP contribution in [0.3, 0.4) is 0 Å². The highest BCUT2D eigenvalue weighted by molar-refractivity contribution is 8.00. The number of urea groups is 1. The summed E-state index contributed by atoms with van der Waals surface area (Å²) in [4.78, 5) is 38.3. The van der Waals surface area contributed by atoms with E-state index >= 15 is 0 Å². The Morgan fingerprint density at radius 2 is 1.82 bits per heavy atom. The van der Waals surface area contributed by atoms with Crippen molar-refractivity contribution in [2.24, 2.45) is 5.92 Å². The van der Waals surface area contributed by atoms with Gasteiger partial charge in [0.1, 0.15) is 5.54 Å². The first-order valence-corrected chi connectivity index (χ1v) is 10.8. The van der Waals surface area contributed by atoms with E-state index in [2.05, 4.69) is 50.6 Å². The van der Waals surface area contributed by atoms with Crippen molar-refractivity contribution in [1.82, 2.24) is 15.8 Å². The van der Waals surface area contributed by atoms with Crippen LogP contribution in [0.4, 0.5) is 4.79 Å². The van der Waals surface area contributed by atoms with E-state index in [1.165, 1.54) is 17.3 Å². The maximum absolute atomic E-state index is 12.8. The number of nitrogens with one attached hydrogen (secondary N) is 2. The van der Waals surface area contributed by atoms with E-state index in [1.807, 2.05) is 12.1 Å². The number of thioether (sulfide) groups is 1. The molecule has 2 fully saturated rings. The van der Waals surface area contributed by atoms with Gasteiger partial charge in [0.05, 0.1) is 5.75 Å². The third kappa shape index (κ3) is 4.35. The summed E-state index contributed by atoms with van der Waals surface area (Å²) in [6, 6.07) is 7.57. The van der Waals surface area contributed by atoms with Crippen LogP contribution in [-0.4, -0.2) is 34.1 Å². The largest absolute Gasteiger partial charge is 0.344 e. The normalized spacial score (nSPS) is 25.1. The van der Waals surface area contributed by atoms with Crippen molar-refractivity contribution in [3.8, 4) is 0 Å². The van der Waals surface area contributed by atoms with E-state index in [0.717, 1.165) is 22.7 Å². The number of amides is 4. The average Bonchev–Trinajstić information content (AvgIpc) is 2.86. The van der Waals surface area contributed by atoms with Crippen molar-refractivity contribution in [2.45, 2.75) is 69.2 Å². The van der Waals surface area contributed by atoms with Crippen LogP contribution in [0.15, 0.2) is 29.2 Å². The van der Waals surface area contributed by atoms with E-state index < -0.39 is 11.6 Å². The summed E-state index contributed by atoms with van der Waals surface area (Å²) in [6.45, 7) is 8.61. The molecule has 3 rings (SSSR count). The lowest BCUT2D eigenvalue weighted by Gasteiger charge is -2.33. The number of rotatable bonds is 4. The zero-order valence-electron chi connectivity index (χ0n) is 17.0. The highest BCUT2D eigenvalue weighted by Gasteiger charge is 2.52. The Hall–Kier alpha value is -2.02. The Labute approximate surface area is 170 Å². The van der Waals surface area contributed by atoms with Gasteiger partial charge in [-0.1, -0.05) is 39.8 Å². The molecular weight excluding hydrogens is 374 g/mol. The molecule has 1 aromatic rings. The molecule has 7 heteroatoms. The lowest BCUT2D eigenvalue weighted by molar-refractivity contribution is -0.139. The molecular formula is C21H29N3O3S. The Bertz CT molecular complexity index is 762. The smallest absolute Gasteiger partial charge is 0.322 e. The van der Waals surface area contributed by atoms with Gasteiger partial charge in [0, 0.05) is 4.90 Å². The van der Waals surface area contributed by atoms with Crippen molar-refractivity contribution < 1.29 is 14.4 Å². The number of nitrogens with zero attached hydrogens (tertiary/aromatic N) is 1. The second-order valence-corrected chi connectivity index (χ2v) is 9.98. The molecule has 1 saturated carbocycles. The van der Waals surface area contributed by atoms with Crippen LogP contribution in [0.2, 0.25) is 0 Å². The van der Waals surface area contributed by atoms with Crippen LogP contribution < -0.4 is 10.7 Å². The first-order chi connectivity index (χ1) is 13.1. The summed E-state index contributed by atoms with van der Waals surface area (Å²) in [5.74, 6) is -0.0115. The van der Waals surface area contributed by atoms with E-state index in [-0.39, 0.29) is 23.0 Å². The van der Waals surface area contributed by atoms with Gasteiger partial charge >= 0.3 is 6.03 Å². The molecule has 1 saturated heterocycles. The number of hydrogen-bond acceptors (Lipinski definition) is 4. The molecule has 0 unspecified atom stereocenters. The molecule has 0 aromatic heterocycles. The predicted molar refractivity (Wildman–Crippen MR) is 110 cm³/mol. The zero-order chi connectivity index (χ0) is 20.5. The Balaban J connectivity index is 1.55. The van der Waals surface area contributed by atoms with Gasteiger partial charge in [-0.05, 0) is 54.7 Å². The van der Waals surface area contributed by atoms with Crippen LogP contribution >= 0.6 is 11.8 Å². The fraction of sp³-hybridized carbons (Fsp3) is 0.571. The third-order valence-corrected chi connectivity index (χ3v) is 6.63. The van der Waals surface area contributed by atoms with Gasteiger partial charge in [-0.3, -0.25) is 15.0 Å². The molecule has 1 aliphatic carbocycles. The molecule has 28 heavy (non-hydrogen) atoms. The van der Waals surface area contributed by atoms with Gasteiger partial charge < -0.3 is 5.32 Å². The SMILES string of the molecule is CC1CCC2(CC1)NC(=O)N(NC(=O)CSc1ccc(C(C)(C)C)cc1)C2=O. The first kappa shape index (κ1) is 20.7. The number of carbonyl (C=O) groups excluding carboxylic acids is 3. The molecule has 4 amide bonds. The molecule has 0 radical (unpaired) electrons. The summed E-state index contributed by atoms with van der Waals surface area (Å²) in [7, 11) is 0. The first-order valence-electron chi connectivity index (χ1n) is 9.80. The van der Waals surface area contributed by atoms with Gasteiger partial charge in [-0.25, -0.2) is 4.79 Å². The van der Waals surface area contributed by atoms with Gasteiger partial charge in [-0.2, -0.15) is 5.01 Å². The van der Waals surface area contributed by atoms with Crippen molar-refractivity contribution in [2.75, 3.05) is 5.75 Å². The number of imide groups is 1. The maximum Gasteiger partial charge on any atom is 0.344 e. The lowest BCUT2D eigenvalue weighted by Crippen LogP contribution is -2.51. The van der Waals surface area contributed by atoms with Gasteiger partial charge in [0.25, 0.3) is 5.91 Å². The number of hydrazine groups is 1. The van der Waals surface area contributed by atoms with Gasteiger partial charge in [0.15, 0.2) is 0 Å². The van der Waals surface area contributed by atoms with E-state index in [9.17, 15) is 14.4 Å². The summed E-state index contributed by atoms with van der Waals surface area (Å²) in [5, 5.41) is 3.67. The molecule has 6 nitrogen and oxygen atoms in total. The van der Waals surface area contributed by atoms with E-state index in [4.69, 9.17) is 0 Å². The fourth-order valence-electron chi connectivity index (χ4n) is 3.67. The fourth-order valence-corrected chi connectivity index (χ4v) is 4.36. The van der Waals surface area contributed by atoms with Crippen LogP contribution in [0, 0.1) is 5.92 Å². The number of hydrogen-bond donors (Lipinski definition) is 2. The maximum atomic E-state index is 12.8. The van der Waals surface area contributed by atoms with Crippen molar-refractivity contribution in [1.29, 1.82) is 0 Å². The van der Waals surface area contributed by atoms with Crippen LogP contribution in [0.1, 0.15) is 58.9 Å². The molecule has 152 valence electrons. The minimum absolute atomic E-state index is 0.0803. The average molecular weight is 404 g/mol. The zero-order valence-corrected chi connectivity index (χ0v) is 17.8. The Kier molecular flexibility index (Phi) is 5.75. The third-order valence-electron chi connectivity index (χ3n) is 5.62. The quantitative estimate of drug-likeness (QED) is 0.595. The van der Waals surface area contributed by atoms with Crippen molar-refractivity contribution in [3.05, 3.63) is 29.8 Å². The lowest BCUT2D eigenvalue weighted by atomic mass is 9.77. The number of carbonyl (C=O) groups is 3. The second-order valence-electron chi connectivity index (χ2n) is 8.93. The standard InChI is InChI=1S/C21H29N3O3S/c1-14-9-11-21(12-10-14)18(26)24(19(27)22-21)23-17(25)13-28-16-7-5-15(6-8-16)20(2,3)4/h5-8,14H,9-13H2,1-4H3,(H,22,27)(H,23,25). The Morgan fingerprint density at radius 3 is 2.39 bits per heavy atom. The molecule has 2 N–H and O–H groups in total. The molecule has 1 aliphatic heterocycles. The Morgan fingerprint density at radius 1 is 1.21 bits per heavy atom. The van der Waals surface area contributed by atoms with Crippen molar-refractivity contribution in [3.63, 3.8) is 0 Å². The van der Waals surface area contributed by atoms with Crippen LogP contribution in [-0.2, 0) is 15.0 Å². The van der Waals surface area contributed by atoms with Crippen molar-refractivity contribution >= 4 is 29.6 Å². The summed E-state index contributed by atoms with van der Waals surface area (Å²) in [5.41, 5.74) is 2.95. The van der Waals surface area contributed by atoms with Gasteiger partial charge in [-0.15, -0.1) is 11.8 Å². The molecule has 2 aliphatic rings. The highest BCUT2D eigenvalue weighted by Crippen LogP contribution is 2.35. The minimum Gasteiger partial charge on any atom is -0.322 e. The van der Waals surface area contributed by atoms with Crippen LogP contribution in [0.5, 0.6) is 0 Å². The van der Waals surface area contributed by atoms with Gasteiger partial charge in [0.2, 0.25) is 5.91 Å². The number of benzene rings is 1. The highest BCUT2D eigenvalue weighted by atomic mass is 32.2. The second kappa shape index (κ2) is 7.78. The van der Waals surface area contributed by atoms with Crippen LogP contribution in [0.25, 0.3) is 0 Å². The topological polar surface area (TPSA) is 78.5 Å². The summed E-state index contributed by atoms with van der Waals surface area (Å²) >= 11 is 1.38. The monoisotopic (exact) mass is 403 g/mol. The summed E-state index contributed by atoms with van der Waals surface area (Å²) in [6.07, 6.45) is 3.04. The van der Waals surface area contributed by atoms with E-state index in [1.54, 1.807) is 0 Å². The molecule has 1 spiro atoms. The molecule has 0 bridgehead atoms. The molecule has 0 atom stereocenters. The minimum atomic E-state index is -0.840. The van der Waals surface area contributed by atoms with E-state index in [0.29, 0.717) is 18.8 Å². The molecule has 1 aromatic carbocycles. The molecule has 1 heterocycles. The predicted octanol–water partition coefficient (Wildman–Crippen LogP) is 3.61. The summed E-state index contributed by atoms with van der Waals surface area (Å²) < 4.78 is 0.